The number of carbonyl (C=O) groups is 4. The Bertz CT molecular complexity index is 880. The minimum atomic E-state index is -2.44. The number of carbonyl (C=O) groups excluding carboxylic acids is 2. The molecule has 0 aromatic rings. The molecule has 2 amide bonds. The molecule has 0 saturated heterocycles. The van der Waals surface area contributed by atoms with E-state index in [1.807, 2.05) is 40.8 Å². The molecule has 1 aliphatic carbocycles. The summed E-state index contributed by atoms with van der Waals surface area (Å²) in [7, 11) is -4.87. The van der Waals surface area contributed by atoms with Gasteiger partial charge in [-0.1, -0.05) is 0 Å². The first-order valence-electron chi connectivity index (χ1n) is 15.0. The number of rotatable bonds is 20. The third kappa shape index (κ3) is 6.48. The van der Waals surface area contributed by atoms with Crippen LogP contribution < -0.4 is 10.6 Å². The lowest BCUT2D eigenvalue weighted by Crippen LogP contribution is -2.86. The van der Waals surface area contributed by atoms with E-state index >= 15 is 0 Å². The van der Waals surface area contributed by atoms with Crippen LogP contribution in [0.15, 0.2) is 0 Å². The smallest absolute Gasteiger partial charge is 0.334 e. The van der Waals surface area contributed by atoms with Crippen molar-refractivity contribution in [2.75, 3.05) is 39.5 Å². The summed E-state index contributed by atoms with van der Waals surface area (Å²) in [5, 5.41) is 26.4. The second kappa shape index (κ2) is 14.8. The van der Waals surface area contributed by atoms with Gasteiger partial charge in [0.2, 0.25) is 11.8 Å². The predicted molar refractivity (Wildman–Crippen MR) is 162 cm³/mol. The van der Waals surface area contributed by atoms with Crippen molar-refractivity contribution in [1.82, 2.24) is 10.6 Å². The molecule has 0 aromatic heterocycles. The molecule has 42 heavy (non-hydrogen) atoms. The quantitative estimate of drug-likeness (QED) is 0.115. The molecule has 0 aromatic carbocycles. The minimum Gasteiger partial charge on any atom is -0.481 e. The lowest BCUT2D eigenvalue weighted by molar-refractivity contribution is -0.281. The zero-order valence-corrected chi connectivity index (χ0v) is 29.2. The number of carboxylic acid groups (broad SMARTS) is 2. The highest BCUT2D eigenvalue weighted by molar-refractivity contribution is 6.66. The van der Waals surface area contributed by atoms with Gasteiger partial charge in [-0.2, -0.15) is 0 Å². The van der Waals surface area contributed by atoms with E-state index in [1.54, 1.807) is 0 Å². The van der Waals surface area contributed by atoms with Crippen LogP contribution in [0.1, 0.15) is 68.2 Å². The van der Waals surface area contributed by atoms with Gasteiger partial charge < -0.3 is 38.6 Å². The van der Waals surface area contributed by atoms with E-state index in [0.717, 1.165) is 0 Å². The van der Waals surface area contributed by atoms with Crippen molar-refractivity contribution in [2.24, 2.45) is 21.7 Å². The first kappa shape index (κ1) is 38.2. The third-order valence-corrected chi connectivity index (χ3v) is 15.9. The lowest BCUT2D eigenvalue weighted by Gasteiger charge is -2.72. The van der Waals surface area contributed by atoms with Crippen LogP contribution in [0.4, 0.5) is 0 Å². The second-order valence-corrected chi connectivity index (χ2v) is 18.5. The average Bonchev–Trinajstić information content (AvgIpc) is 2.91. The van der Waals surface area contributed by atoms with Gasteiger partial charge in [0.05, 0.1) is 21.7 Å². The van der Waals surface area contributed by atoms with E-state index in [1.165, 1.54) is 27.7 Å². The molecule has 0 aliphatic heterocycles. The molecule has 0 spiro atoms. The fourth-order valence-corrected chi connectivity index (χ4v) is 11.7. The normalized spacial score (nSPS) is 27.7. The van der Waals surface area contributed by atoms with Gasteiger partial charge in [0.15, 0.2) is 0 Å². The maximum atomic E-state index is 13.7. The summed E-state index contributed by atoms with van der Waals surface area (Å²) in [5.74, 6) is -4.29. The Morgan fingerprint density at radius 3 is 1.05 bits per heavy atom. The van der Waals surface area contributed by atoms with E-state index in [0.29, 0.717) is 51.4 Å². The summed E-state index contributed by atoms with van der Waals surface area (Å²) in [4.78, 5) is 53.2. The van der Waals surface area contributed by atoms with Gasteiger partial charge >= 0.3 is 29.1 Å². The first-order valence-corrected chi connectivity index (χ1v) is 20.0. The predicted octanol–water partition coefficient (Wildman–Crippen LogP) is 3.50. The molecule has 12 nitrogen and oxygen atoms in total. The minimum absolute atomic E-state index is 0.174. The van der Waals surface area contributed by atoms with Crippen molar-refractivity contribution in [3.63, 3.8) is 0 Å². The third-order valence-electron chi connectivity index (χ3n) is 9.75. The van der Waals surface area contributed by atoms with Crippen LogP contribution in [0.2, 0.25) is 25.2 Å². The summed E-state index contributed by atoms with van der Waals surface area (Å²) in [6, 6.07) is 1.18. The van der Waals surface area contributed by atoms with Crippen molar-refractivity contribution in [3.05, 3.63) is 0 Å². The molecule has 1 rings (SSSR count). The summed E-state index contributed by atoms with van der Waals surface area (Å²) < 4.78 is 23.3. The highest BCUT2D eigenvalue weighted by Crippen LogP contribution is 2.78. The Labute approximate surface area is 253 Å². The van der Waals surface area contributed by atoms with Crippen LogP contribution >= 0.6 is 0 Å². The lowest BCUT2D eigenvalue weighted by atomic mass is 9.25. The molecule has 0 bridgehead atoms. The number of aliphatic carboxylic acids is 2. The molecule has 14 heteroatoms. The van der Waals surface area contributed by atoms with Gasteiger partial charge in [0, 0.05) is 39.5 Å². The second-order valence-electron chi connectivity index (χ2n) is 11.8. The highest BCUT2D eigenvalue weighted by Gasteiger charge is 2.90. The molecule has 1 fully saturated rings. The van der Waals surface area contributed by atoms with Gasteiger partial charge in [-0.25, -0.2) is 0 Å². The molecule has 4 N–H and O–H groups in total. The summed E-state index contributed by atoms with van der Waals surface area (Å²) in [6.45, 7) is 19.0. The van der Waals surface area contributed by atoms with Crippen molar-refractivity contribution in [2.45, 2.75) is 93.4 Å². The molecule has 1 saturated carbocycles. The van der Waals surface area contributed by atoms with E-state index in [9.17, 15) is 29.4 Å². The van der Waals surface area contributed by atoms with Crippen molar-refractivity contribution >= 4 is 40.9 Å². The van der Waals surface area contributed by atoms with Crippen molar-refractivity contribution < 1.29 is 47.1 Å². The monoisotopic (exact) mass is 634 g/mol. The molecule has 0 radical (unpaired) electrons. The SMILES string of the molecule is CCO[Si](C)(CCCNC(=O)C1(C)C(C)(C(=O)O)C(C)(C(=O)NCCC[Si](C)(OCC)OCC)C1(C)C(=O)O)OCC. The van der Waals surface area contributed by atoms with Crippen LogP contribution in [-0.4, -0.2) is 90.6 Å². The van der Waals surface area contributed by atoms with Crippen molar-refractivity contribution in [3.8, 4) is 0 Å². The average molecular weight is 635 g/mol. The van der Waals surface area contributed by atoms with Crippen molar-refractivity contribution in [1.29, 1.82) is 0 Å². The maximum absolute atomic E-state index is 13.7. The topological polar surface area (TPSA) is 170 Å². The fourth-order valence-electron chi connectivity index (χ4n) is 6.87. The molecule has 0 unspecified atom stereocenters. The Morgan fingerprint density at radius 1 is 0.571 bits per heavy atom. The molecular formula is C28H54N2O10Si2. The standard InChI is InChI=1S/C28H54N2O10Si2/c1-11-37-41(9,38-12-2)19-15-17-29-21(31)25(5)27(7,23(33)34)26(6,28(25,8)24(35)36)22(32)30-18-16-20-42(10,39-13-3)40-14-4/h11-20H2,1-10H3,(H,29,31)(H,30,32)(H,33,34)(H,35,36). The molecule has 1 aliphatic rings. The van der Waals surface area contributed by atoms with E-state index in [4.69, 9.17) is 17.7 Å². The summed E-state index contributed by atoms with van der Waals surface area (Å²) in [6.07, 6.45) is 1.00. The Morgan fingerprint density at radius 2 is 0.833 bits per heavy atom. The van der Waals surface area contributed by atoms with Crippen LogP contribution in [0.25, 0.3) is 0 Å². The first-order chi connectivity index (χ1) is 19.4. The molecule has 0 atom stereocenters. The van der Waals surface area contributed by atoms with Gasteiger partial charge in [0.25, 0.3) is 0 Å². The van der Waals surface area contributed by atoms with Crippen LogP contribution in [-0.2, 0) is 36.9 Å². The Balaban J connectivity index is 3.19. The number of nitrogens with one attached hydrogen (secondary N) is 2. The Hall–Kier alpha value is -1.85. The van der Waals surface area contributed by atoms with Crippen LogP contribution in [0.3, 0.4) is 0 Å². The molecular weight excluding hydrogens is 580 g/mol. The summed E-state index contributed by atoms with van der Waals surface area (Å²) in [5.41, 5.74) is -7.94. The molecule has 0 heterocycles. The maximum Gasteiger partial charge on any atom is 0.334 e. The van der Waals surface area contributed by atoms with E-state index < -0.39 is 62.5 Å². The van der Waals surface area contributed by atoms with Crippen LogP contribution in [0, 0.1) is 21.7 Å². The molecule has 244 valence electrons. The number of amides is 2. The fraction of sp³-hybridized carbons (Fsp3) is 0.857. The number of hydrogen-bond acceptors (Lipinski definition) is 8. The van der Waals surface area contributed by atoms with Gasteiger partial charge in [-0.15, -0.1) is 0 Å². The van der Waals surface area contributed by atoms with E-state index in [-0.39, 0.29) is 13.1 Å². The number of carboxylic acids is 2. The van der Waals surface area contributed by atoms with Crippen LogP contribution in [0.5, 0.6) is 0 Å². The zero-order valence-electron chi connectivity index (χ0n) is 27.2. The van der Waals surface area contributed by atoms with Gasteiger partial charge in [0.1, 0.15) is 0 Å². The van der Waals surface area contributed by atoms with Gasteiger partial charge in [-0.05, 0) is 93.4 Å². The largest absolute Gasteiger partial charge is 0.481 e. The van der Waals surface area contributed by atoms with Gasteiger partial charge in [-0.3, -0.25) is 19.2 Å². The zero-order chi connectivity index (χ0) is 32.6. The Kier molecular flexibility index (Phi) is 13.4. The summed E-state index contributed by atoms with van der Waals surface area (Å²) >= 11 is 0. The highest BCUT2D eigenvalue weighted by atomic mass is 28.4. The van der Waals surface area contributed by atoms with E-state index in [2.05, 4.69) is 10.6 Å². The number of hydrogen-bond donors (Lipinski definition) is 4.